The lowest BCUT2D eigenvalue weighted by atomic mass is 9.88. The van der Waals surface area contributed by atoms with Crippen molar-refractivity contribution in [3.63, 3.8) is 0 Å². The van der Waals surface area contributed by atoms with Crippen molar-refractivity contribution in [1.29, 1.82) is 0 Å². The Labute approximate surface area is 124 Å². The zero-order valence-electron chi connectivity index (χ0n) is 12.2. The van der Waals surface area contributed by atoms with E-state index in [0.29, 0.717) is 12.5 Å². The van der Waals surface area contributed by atoms with E-state index in [0.717, 1.165) is 10.0 Å². The molecule has 1 aromatic carbocycles. The second-order valence-corrected chi connectivity index (χ2v) is 7.63. The minimum Gasteiger partial charge on any atom is -0.392 e. The van der Waals surface area contributed by atoms with Crippen LogP contribution in [0.2, 0.25) is 0 Å². The summed E-state index contributed by atoms with van der Waals surface area (Å²) in [5, 5.41) is 10.8. The monoisotopic (exact) mass is 325 g/mol. The highest BCUT2D eigenvalue weighted by atomic mass is 79.9. The molecule has 2 rings (SSSR count). The van der Waals surface area contributed by atoms with Crippen LogP contribution in [-0.2, 0) is 0 Å². The second-order valence-electron chi connectivity index (χ2n) is 6.78. The fourth-order valence-electron chi connectivity index (χ4n) is 3.56. The topological polar surface area (TPSA) is 46.2 Å². The van der Waals surface area contributed by atoms with E-state index in [1.54, 1.807) is 0 Å². The number of hydrogen-bond acceptors (Lipinski definition) is 2. The maximum absolute atomic E-state index is 10.8. The summed E-state index contributed by atoms with van der Waals surface area (Å²) in [7, 11) is 0. The molecule has 19 heavy (non-hydrogen) atoms. The number of benzene rings is 1. The number of aliphatic hydroxyl groups is 1. The molecule has 0 saturated heterocycles. The maximum atomic E-state index is 10.8. The van der Waals surface area contributed by atoms with Gasteiger partial charge >= 0.3 is 0 Å². The van der Waals surface area contributed by atoms with Gasteiger partial charge in [-0.05, 0) is 28.4 Å². The van der Waals surface area contributed by atoms with E-state index in [2.05, 4.69) is 43.6 Å². The Morgan fingerprint density at radius 2 is 1.74 bits per heavy atom. The molecule has 0 amide bonds. The first kappa shape index (κ1) is 15.0. The van der Waals surface area contributed by atoms with Crippen LogP contribution in [0, 0.1) is 16.7 Å². The van der Waals surface area contributed by atoms with E-state index in [9.17, 15) is 5.11 Å². The molecule has 0 bridgehead atoms. The lowest BCUT2D eigenvalue weighted by Gasteiger charge is -2.24. The summed E-state index contributed by atoms with van der Waals surface area (Å²) in [6.45, 7) is 9.39. The van der Waals surface area contributed by atoms with Crippen LogP contribution in [0.15, 0.2) is 28.7 Å². The largest absolute Gasteiger partial charge is 0.392 e. The fourth-order valence-corrected chi connectivity index (χ4v) is 4.14. The van der Waals surface area contributed by atoms with Crippen molar-refractivity contribution in [1.82, 2.24) is 0 Å². The van der Waals surface area contributed by atoms with Gasteiger partial charge in [-0.2, -0.15) is 0 Å². The van der Waals surface area contributed by atoms with Crippen LogP contribution in [0.1, 0.15) is 39.2 Å². The lowest BCUT2D eigenvalue weighted by Crippen LogP contribution is -2.30. The Bertz CT molecular complexity index is 456. The molecule has 3 N–H and O–H groups in total. The van der Waals surface area contributed by atoms with E-state index in [-0.39, 0.29) is 16.7 Å². The van der Waals surface area contributed by atoms with E-state index in [1.165, 1.54) is 0 Å². The van der Waals surface area contributed by atoms with Gasteiger partial charge in [0.15, 0.2) is 0 Å². The average Bonchev–Trinajstić information content (AvgIpc) is 2.73. The maximum Gasteiger partial charge on any atom is 0.0660 e. The molecule has 2 unspecified atom stereocenters. The van der Waals surface area contributed by atoms with Crippen LogP contribution < -0.4 is 5.73 Å². The Kier molecular flexibility index (Phi) is 3.85. The molecule has 1 aliphatic carbocycles. The summed E-state index contributed by atoms with van der Waals surface area (Å²) in [5.74, 6) is 0.280. The number of rotatable bonds is 4. The van der Waals surface area contributed by atoms with Crippen molar-refractivity contribution in [3.8, 4) is 0 Å². The summed E-state index contributed by atoms with van der Waals surface area (Å²) >= 11 is 3.57. The van der Waals surface area contributed by atoms with Gasteiger partial charge in [-0.1, -0.05) is 61.8 Å². The molecule has 1 fully saturated rings. The zero-order chi connectivity index (χ0) is 14.4. The zero-order valence-corrected chi connectivity index (χ0v) is 13.7. The average molecular weight is 326 g/mol. The first-order valence-electron chi connectivity index (χ1n) is 6.87. The molecule has 3 heteroatoms. The van der Waals surface area contributed by atoms with Gasteiger partial charge in [0.1, 0.15) is 0 Å². The Morgan fingerprint density at radius 1 is 1.21 bits per heavy atom. The Morgan fingerprint density at radius 3 is 2.16 bits per heavy atom. The number of hydrogen-bond donors (Lipinski definition) is 2. The van der Waals surface area contributed by atoms with Crippen LogP contribution in [0.4, 0.5) is 0 Å². The van der Waals surface area contributed by atoms with Crippen LogP contribution in [0.5, 0.6) is 0 Å². The highest BCUT2D eigenvalue weighted by Crippen LogP contribution is 2.70. The van der Waals surface area contributed by atoms with Crippen molar-refractivity contribution >= 4 is 15.9 Å². The normalized spacial score (nSPS) is 23.9. The predicted molar refractivity (Wildman–Crippen MR) is 83.0 cm³/mol. The summed E-state index contributed by atoms with van der Waals surface area (Å²) < 4.78 is 1.03. The third kappa shape index (κ3) is 2.26. The van der Waals surface area contributed by atoms with Gasteiger partial charge in [-0.3, -0.25) is 0 Å². The van der Waals surface area contributed by atoms with Gasteiger partial charge in [0, 0.05) is 16.9 Å². The molecule has 0 spiro atoms. The van der Waals surface area contributed by atoms with E-state index >= 15 is 0 Å². The van der Waals surface area contributed by atoms with Crippen LogP contribution in [0.25, 0.3) is 0 Å². The first-order chi connectivity index (χ1) is 8.75. The Balaban J connectivity index is 2.28. The standard InChI is InChI=1S/C16H24BrNO/c1-15(2)14(16(15,3)4)13(19)11(9-18)10-7-5-6-8-12(10)17/h5-8,11,13-14,19H,9,18H2,1-4H3. The molecule has 1 aliphatic rings. The minimum atomic E-state index is -0.395. The number of nitrogens with two attached hydrogens (primary N) is 1. The van der Waals surface area contributed by atoms with Gasteiger partial charge in [-0.25, -0.2) is 0 Å². The number of halogens is 1. The molecule has 106 valence electrons. The second kappa shape index (κ2) is 4.87. The number of aliphatic hydroxyl groups excluding tert-OH is 1. The molecule has 0 radical (unpaired) electrons. The van der Waals surface area contributed by atoms with Gasteiger partial charge in [0.05, 0.1) is 6.10 Å². The molecule has 2 nitrogen and oxygen atoms in total. The molecular formula is C16H24BrNO. The Hall–Kier alpha value is -0.380. The van der Waals surface area contributed by atoms with Crippen LogP contribution >= 0.6 is 15.9 Å². The summed E-state index contributed by atoms with van der Waals surface area (Å²) in [6.07, 6.45) is -0.395. The molecular weight excluding hydrogens is 302 g/mol. The summed E-state index contributed by atoms with van der Waals surface area (Å²) in [5.41, 5.74) is 7.38. The smallest absolute Gasteiger partial charge is 0.0660 e. The SMILES string of the molecule is CC1(C)C(C(O)C(CN)c2ccccc2Br)C1(C)C. The molecule has 2 atom stereocenters. The highest BCUT2D eigenvalue weighted by Gasteiger charge is 2.67. The minimum absolute atomic E-state index is 0.0124. The van der Waals surface area contributed by atoms with Crippen LogP contribution in [-0.4, -0.2) is 17.8 Å². The first-order valence-corrected chi connectivity index (χ1v) is 7.67. The van der Waals surface area contributed by atoms with Crippen molar-refractivity contribution < 1.29 is 5.11 Å². The van der Waals surface area contributed by atoms with E-state index in [4.69, 9.17) is 5.73 Å². The third-order valence-electron chi connectivity index (χ3n) is 5.44. The van der Waals surface area contributed by atoms with E-state index < -0.39 is 6.10 Å². The highest BCUT2D eigenvalue weighted by molar-refractivity contribution is 9.10. The van der Waals surface area contributed by atoms with Crippen molar-refractivity contribution in [2.24, 2.45) is 22.5 Å². The van der Waals surface area contributed by atoms with Gasteiger partial charge in [0.25, 0.3) is 0 Å². The quantitative estimate of drug-likeness (QED) is 0.889. The predicted octanol–water partition coefficient (Wildman–Crippen LogP) is 3.53. The van der Waals surface area contributed by atoms with Gasteiger partial charge < -0.3 is 10.8 Å². The van der Waals surface area contributed by atoms with Crippen LogP contribution in [0.3, 0.4) is 0 Å². The lowest BCUT2D eigenvalue weighted by molar-refractivity contribution is 0.102. The molecule has 1 aromatic rings. The third-order valence-corrected chi connectivity index (χ3v) is 6.17. The fraction of sp³-hybridized carbons (Fsp3) is 0.625. The van der Waals surface area contributed by atoms with Crippen molar-refractivity contribution in [2.45, 2.75) is 39.7 Å². The van der Waals surface area contributed by atoms with Crippen molar-refractivity contribution in [2.75, 3.05) is 6.54 Å². The molecule has 1 saturated carbocycles. The summed E-state index contributed by atoms with van der Waals surface area (Å²) in [4.78, 5) is 0. The van der Waals surface area contributed by atoms with Gasteiger partial charge in [-0.15, -0.1) is 0 Å². The van der Waals surface area contributed by atoms with Gasteiger partial charge in [0.2, 0.25) is 0 Å². The van der Waals surface area contributed by atoms with E-state index in [1.807, 2.05) is 24.3 Å². The van der Waals surface area contributed by atoms with Crippen molar-refractivity contribution in [3.05, 3.63) is 34.3 Å². The summed E-state index contributed by atoms with van der Waals surface area (Å²) in [6, 6.07) is 8.04. The molecule has 0 aromatic heterocycles. The molecule has 0 aliphatic heterocycles. The molecule has 0 heterocycles.